The van der Waals surface area contributed by atoms with Crippen molar-refractivity contribution in [3.8, 4) is 11.5 Å². The van der Waals surface area contributed by atoms with Crippen LogP contribution in [0.2, 0.25) is 0 Å². The fourth-order valence-corrected chi connectivity index (χ4v) is 2.59. The molecule has 24 heavy (non-hydrogen) atoms. The molecule has 2 amide bonds. The highest BCUT2D eigenvalue weighted by atomic mass is 16.6. The van der Waals surface area contributed by atoms with Gasteiger partial charge in [0.15, 0.2) is 11.5 Å². The van der Waals surface area contributed by atoms with Gasteiger partial charge >= 0.3 is 0 Å². The van der Waals surface area contributed by atoms with Gasteiger partial charge in [-0.2, -0.15) is 0 Å². The quantitative estimate of drug-likeness (QED) is 0.485. The van der Waals surface area contributed by atoms with Crippen LogP contribution in [0.25, 0.3) is 0 Å². The van der Waals surface area contributed by atoms with Crippen molar-refractivity contribution in [1.82, 2.24) is 0 Å². The van der Waals surface area contributed by atoms with E-state index in [9.17, 15) is 19.7 Å². The molecule has 2 aromatic rings. The number of nitro benzene ring substituents is 1. The Kier molecular flexibility index (Phi) is 3.64. The Hall–Kier alpha value is -3.42. The van der Waals surface area contributed by atoms with Crippen molar-refractivity contribution in [3.05, 3.63) is 57.6 Å². The minimum absolute atomic E-state index is 0.129. The van der Waals surface area contributed by atoms with Crippen LogP contribution in [0.3, 0.4) is 0 Å². The molecule has 0 fully saturated rings. The zero-order valence-electron chi connectivity index (χ0n) is 12.8. The lowest BCUT2D eigenvalue weighted by Crippen LogP contribution is -2.30. The van der Waals surface area contributed by atoms with Crippen molar-refractivity contribution < 1.29 is 24.0 Å². The molecular formula is C16H12N2O6. The third-order valence-electron chi connectivity index (χ3n) is 3.71. The van der Waals surface area contributed by atoms with Crippen LogP contribution in [0.1, 0.15) is 20.7 Å². The summed E-state index contributed by atoms with van der Waals surface area (Å²) in [5.74, 6) is -0.934. The first kappa shape index (κ1) is 15.5. The maximum Gasteiger partial charge on any atom is 0.297 e. The van der Waals surface area contributed by atoms with Crippen LogP contribution in [-0.4, -0.2) is 31.0 Å². The van der Waals surface area contributed by atoms with Crippen molar-refractivity contribution >= 4 is 23.2 Å². The number of hydrogen-bond donors (Lipinski definition) is 0. The number of carbonyl (C=O) groups is 2. The second-order valence-electron chi connectivity index (χ2n) is 4.94. The number of methoxy groups -OCH3 is 2. The summed E-state index contributed by atoms with van der Waals surface area (Å²) in [7, 11) is 2.69. The number of nitro groups is 1. The third kappa shape index (κ3) is 2.16. The van der Waals surface area contributed by atoms with Crippen LogP contribution < -0.4 is 14.4 Å². The molecule has 0 aliphatic carbocycles. The molecule has 0 radical (unpaired) electrons. The zero-order valence-corrected chi connectivity index (χ0v) is 12.8. The van der Waals surface area contributed by atoms with E-state index >= 15 is 0 Å². The minimum Gasteiger partial charge on any atom is -0.493 e. The van der Waals surface area contributed by atoms with Crippen LogP contribution in [0.4, 0.5) is 11.4 Å². The number of carbonyl (C=O) groups excluding carboxylic acids is 2. The van der Waals surface area contributed by atoms with Gasteiger partial charge in [-0.25, -0.2) is 4.90 Å². The van der Waals surface area contributed by atoms with E-state index in [1.807, 2.05) is 0 Å². The maximum absolute atomic E-state index is 12.5. The molecule has 2 aromatic carbocycles. The number of hydrogen-bond acceptors (Lipinski definition) is 6. The van der Waals surface area contributed by atoms with Crippen LogP contribution in [0.15, 0.2) is 36.4 Å². The van der Waals surface area contributed by atoms with Crippen molar-refractivity contribution in [3.63, 3.8) is 0 Å². The van der Waals surface area contributed by atoms with E-state index in [1.54, 1.807) is 12.1 Å². The highest BCUT2D eigenvalue weighted by Crippen LogP contribution is 2.42. The predicted molar refractivity (Wildman–Crippen MR) is 83.8 cm³/mol. The predicted octanol–water partition coefficient (Wildman–Crippen LogP) is 2.41. The summed E-state index contributed by atoms with van der Waals surface area (Å²) in [6.45, 7) is 0. The van der Waals surface area contributed by atoms with Crippen molar-refractivity contribution in [2.45, 2.75) is 0 Å². The maximum atomic E-state index is 12.5. The summed E-state index contributed by atoms with van der Waals surface area (Å²) < 4.78 is 10.2. The normalized spacial score (nSPS) is 13.0. The summed E-state index contributed by atoms with van der Waals surface area (Å²) in [5, 5.41) is 11.4. The summed E-state index contributed by atoms with van der Waals surface area (Å²) >= 11 is 0. The molecule has 0 N–H and O–H groups in total. The number of anilines is 1. The van der Waals surface area contributed by atoms with Gasteiger partial charge in [-0.1, -0.05) is 12.1 Å². The molecule has 1 aliphatic rings. The number of ether oxygens (including phenoxy) is 2. The first-order chi connectivity index (χ1) is 11.5. The van der Waals surface area contributed by atoms with Crippen molar-refractivity contribution in [1.29, 1.82) is 0 Å². The van der Waals surface area contributed by atoms with Gasteiger partial charge in [0.1, 0.15) is 5.69 Å². The third-order valence-corrected chi connectivity index (χ3v) is 3.71. The second kappa shape index (κ2) is 5.65. The van der Waals surface area contributed by atoms with E-state index in [0.717, 1.165) is 11.0 Å². The van der Waals surface area contributed by atoms with Crippen LogP contribution >= 0.6 is 0 Å². The molecule has 0 unspecified atom stereocenters. The summed E-state index contributed by atoms with van der Waals surface area (Å²) in [4.78, 5) is 36.6. The largest absolute Gasteiger partial charge is 0.493 e. The molecule has 0 spiro atoms. The summed E-state index contributed by atoms with van der Waals surface area (Å²) in [6.07, 6.45) is 0. The zero-order chi connectivity index (χ0) is 17.4. The van der Waals surface area contributed by atoms with Gasteiger partial charge in [0.25, 0.3) is 17.5 Å². The van der Waals surface area contributed by atoms with E-state index in [2.05, 4.69) is 0 Å². The van der Waals surface area contributed by atoms with Crippen LogP contribution in [0.5, 0.6) is 11.5 Å². The first-order valence-corrected chi connectivity index (χ1v) is 6.87. The molecule has 1 heterocycles. The fraction of sp³-hybridized carbons (Fsp3) is 0.125. The highest BCUT2D eigenvalue weighted by Gasteiger charge is 2.40. The van der Waals surface area contributed by atoms with Gasteiger partial charge in [0.2, 0.25) is 0 Å². The number of imide groups is 1. The van der Waals surface area contributed by atoms with E-state index in [1.165, 1.54) is 32.4 Å². The Morgan fingerprint density at radius 3 is 1.92 bits per heavy atom. The fourth-order valence-electron chi connectivity index (χ4n) is 2.59. The number of nitrogens with zero attached hydrogens (tertiary/aromatic N) is 2. The Bertz CT molecular complexity index is 842. The minimum atomic E-state index is -0.680. The standard InChI is InChI=1S/C16H12N2O6/c1-23-13-7-11(12(18(21)22)8-14(13)24-2)17-15(19)9-5-3-4-6-10(9)16(17)20/h3-8H,1-2H3. The molecule has 0 aromatic heterocycles. The molecule has 122 valence electrons. The average Bonchev–Trinajstić information content (AvgIpc) is 2.85. The number of benzene rings is 2. The molecule has 8 nitrogen and oxygen atoms in total. The van der Waals surface area contributed by atoms with Crippen LogP contribution in [0, 0.1) is 10.1 Å². The lowest BCUT2D eigenvalue weighted by atomic mass is 10.1. The molecule has 8 heteroatoms. The Labute approximate surface area is 136 Å². The Morgan fingerprint density at radius 2 is 1.46 bits per heavy atom. The smallest absolute Gasteiger partial charge is 0.297 e. The second-order valence-corrected chi connectivity index (χ2v) is 4.94. The van der Waals surface area contributed by atoms with Gasteiger partial charge in [-0.15, -0.1) is 0 Å². The van der Waals surface area contributed by atoms with Gasteiger partial charge in [0.05, 0.1) is 36.3 Å². The molecule has 0 bridgehead atoms. The SMILES string of the molecule is COc1cc(N2C(=O)c3ccccc3C2=O)c([N+](=O)[O-])cc1OC. The molecule has 1 aliphatic heterocycles. The Balaban J connectivity index is 2.21. The van der Waals surface area contributed by atoms with Gasteiger partial charge < -0.3 is 9.47 Å². The number of rotatable bonds is 4. The lowest BCUT2D eigenvalue weighted by Gasteiger charge is -2.16. The van der Waals surface area contributed by atoms with Crippen molar-refractivity contribution in [2.75, 3.05) is 19.1 Å². The average molecular weight is 328 g/mol. The van der Waals surface area contributed by atoms with Crippen LogP contribution in [-0.2, 0) is 0 Å². The first-order valence-electron chi connectivity index (χ1n) is 6.87. The Morgan fingerprint density at radius 1 is 0.958 bits per heavy atom. The number of amides is 2. The topological polar surface area (TPSA) is 99.0 Å². The molecule has 0 saturated carbocycles. The summed E-state index contributed by atoms with van der Waals surface area (Å²) in [6, 6.07) is 8.62. The van der Waals surface area contributed by atoms with E-state index in [4.69, 9.17) is 9.47 Å². The molecule has 0 saturated heterocycles. The molecule has 3 rings (SSSR count). The van der Waals surface area contributed by atoms with E-state index in [-0.39, 0.29) is 28.3 Å². The van der Waals surface area contributed by atoms with Gasteiger partial charge in [-0.05, 0) is 12.1 Å². The highest BCUT2D eigenvalue weighted by molar-refractivity contribution is 6.35. The van der Waals surface area contributed by atoms with Gasteiger partial charge in [-0.3, -0.25) is 19.7 Å². The lowest BCUT2D eigenvalue weighted by molar-refractivity contribution is -0.384. The molecule has 0 atom stereocenters. The van der Waals surface area contributed by atoms with Crippen molar-refractivity contribution in [2.24, 2.45) is 0 Å². The van der Waals surface area contributed by atoms with E-state index in [0.29, 0.717) is 0 Å². The number of fused-ring (bicyclic) bond motifs is 1. The van der Waals surface area contributed by atoms with E-state index < -0.39 is 22.4 Å². The monoisotopic (exact) mass is 328 g/mol. The summed E-state index contributed by atoms with van der Waals surface area (Å²) in [5.41, 5.74) is -0.191. The molecular weight excluding hydrogens is 316 g/mol. The van der Waals surface area contributed by atoms with Gasteiger partial charge in [0, 0.05) is 6.07 Å².